The van der Waals surface area contributed by atoms with Gasteiger partial charge in [0.1, 0.15) is 52.9 Å². The zero-order valence-electron chi connectivity index (χ0n) is 66.8. The number of carbonyl (C=O) groups is 12. The lowest BCUT2D eigenvalue weighted by molar-refractivity contribution is -0.132. The van der Waals surface area contributed by atoms with Crippen molar-refractivity contribution in [2.45, 2.75) is 304 Å². The summed E-state index contributed by atoms with van der Waals surface area (Å²) in [5.41, 5.74) is -2.04. The number of Topliss-reactive ketones (excluding diaryl/α,β-unsaturated/α-hetero) is 9. The van der Waals surface area contributed by atoms with E-state index < -0.39 is 0 Å². The number of carbonyl (C=O) groups excluding carboxylic acids is 12. The van der Waals surface area contributed by atoms with Crippen LogP contribution in [0.4, 0.5) is 0 Å². The molecule has 0 bridgehead atoms. The molecule has 17 nitrogen and oxygen atoms in total. The second-order valence-corrected chi connectivity index (χ2v) is 32.4. The van der Waals surface area contributed by atoms with E-state index in [0.717, 1.165) is 45.1 Å². The summed E-state index contributed by atoms with van der Waals surface area (Å²) >= 11 is 0. The lowest BCUT2D eigenvalue weighted by Gasteiger charge is -2.17. The van der Waals surface area contributed by atoms with E-state index in [-0.39, 0.29) is 102 Å². The highest BCUT2D eigenvalue weighted by atomic mass is 16.5. The smallest absolute Gasteiger partial charge is 0.225 e. The average Bonchev–Trinajstić information content (AvgIpc) is 1.35. The molecule has 0 atom stereocenters. The van der Waals surface area contributed by atoms with E-state index in [2.05, 4.69) is 24.1 Å². The van der Waals surface area contributed by atoms with E-state index >= 15 is 0 Å². The number of hydrogen-bond donors (Lipinski definition) is 1. The topological polar surface area (TPSA) is 248 Å². The number of amides is 1. The van der Waals surface area contributed by atoms with Crippen LogP contribution in [0.3, 0.4) is 0 Å². The summed E-state index contributed by atoms with van der Waals surface area (Å²) in [4.78, 5) is 134. The monoisotopic (exact) mass is 1340 g/mol. The predicted octanol–water partition coefficient (Wildman–Crippen LogP) is 16.4. The SMILES string of the molecule is CC(=O)/C=C\C(=O)C(C)(C)C.CC(=O)CCC(=O)C(C)(C)C.CC(=O)CCCC(=O)C(C)(C)C.CC(=O)CCNC(=O)C(C)(C)C.CCCCC(=O)C(C)(C)C.CCCCCC(=O)C(C)(C)C.CN(C)CCCC(=O)C(C)(C)C.COCCOCCOCC(=O)C(C)(C)C. The molecule has 0 radical (unpaired) electrons. The predicted molar refractivity (Wildman–Crippen MR) is 388 cm³/mol. The third-order valence-corrected chi connectivity index (χ3v) is 13.1. The number of ether oxygens (including phenoxy) is 3. The van der Waals surface area contributed by atoms with Crippen LogP contribution in [0.5, 0.6) is 0 Å². The van der Waals surface area contributed by atoms with E-state index in [1.165, 1.54) is 45.8 Å². The van der Waals surface area contributed by atoms with Crippen molar-refractivity contribution >= 4 is 69.5 Å². The largest absolute Gasteiger partial charge is 0.382 e. The number of nitrogens with one attached hydrogen (secondary N) is 1. The number of unbranched alkanes of at least 4 members (excludes halogenated alkanes) is 3. The number of ketones is 11. The number of rotatable bonds is 31. The van der Waals surface area contributed by atoms with Crippen LogP contribution in [0, 0.1) is 43.3 Å². The first-order valence-corrected chi connectivity index (χ1v) is 34.1. The minimum atomic E-state index is -0.383. The van der Waals surface area contributed by atoms with Crippen LogP contribution in [0.25, 0.3) is 0 Å². The Morgan fingerprint density at radius 3 is 1.01 bits per heavy atom. The van der Waals surface area contributed by atoms with Gasteiger partial charge in [0.15, 0.2) is 17.3 Å². The Morgan fingerprint density at radius 2 is 0.691 bits per heavy atom. The third-order valence-electron chi connectivity index (χ3n) is 13.1. The first-order chi connectivity index (χ1) is 42.1. The minimum absolute atomic E-state index is 0.0104. The summed E-state index contributed by atoms with van der Waals surface area (Å²) in [6.07, 6.45) is 14.4. The molecule has 0 rings (SSSR count). The minimum Gasteiger partial charge on any atom is -0.382 e. The van der Waals surface area contributed by atoms with E-state index in [1.54, 1.807) is 14.0 Å². The number of methoxy groups -OCH3 is 1. The summed E-state index contributed by atoms with van der Waals surface area (Å²) in [6, 6.07) is 0. The van der Waals surface area contributed by atoms with Gasteiger partial charge in [-0.3, -0.25) is 47.9 Å². The summed E-state index contributed by atoms with van der Waals surface area (Å²) in [5, 5.41) is 2.69. The van der Waals surface area contributed by atoms with Crippen LogP contribution >= 0.6 is 0 Å². The normalized spacial score (nSPS) is 11.6. The Kier molecular flexibility index (Phi) is 62.2. The maximum Gasteiger partial charge on any atom is 0.225 e. The highest BCUT2D eigenvalue weighted by Gasteiger charge is 2.25. The Hall–Kier alpha value is -4.58. The molecule has 0 saturated carbocycles. The molecule has 17 heteroatoms. The Morgan fingerprint density at radius 1 is 0.351 bits per heavy atom. The fourth-order valence-electron chi connectivity index (χ4n) is 5.89. The van der Waals surface area contributed by atoms with Crippen LogP contribution in [-0.2, 0) is 71.7 Å². The summed E-state index contributed by atoms with van der Waals surface area (Å²) in [7, 11) is 5.69. The van der Waals surface area contributed by atoms with Crippen LogP contribution < -0.4 is 5.32 Å². The first kappa shape index (κ1) is 105. The molecule has 0 unspecified atom stereocenters. The molecule has 554 valence electrons. The van der Waals surface area contributed by atoms with Crippen molar-refractivity contribution in [3.05, 3.63) is 12.2 Å². The zero-order valence-corrected chi connectivity index (χ0v) is 66.8. The summed E-state index contributed by atoms with van der Waals surface area (Å²) in [5.74, 6) is 1.88. The van der Waals surface area contributed by atoms with Crippen molar-refractivity contribution in [1.82, 2.24) is 10.2 Å². The molecule has 0 spiro atoms. The van der Waals surface area contributed by atoms with Crippen LogP contribution in [-0.4, -0.2) is 142 Å². The quantitative estimate of drug-likeness (QED) is 0.0500. The fourth-order valence-corrected chi connectivity index (χ4v) is 5.89. The molecule has 0 fully saturated rings. The molecule has 0 aromatic rings. The van der Waals surface area contributed by atoms with Gasteiger partial charge in [-0.15, -0.1) is 0 Å². The van der Waals surface area contributed by atoms with E-state index in [0.29, 0.717) is 95.3 Å². The molecule has 94 heavy (non-hydrogen) atoms. The van der Waals surface area contributed by atoms with Gasteiger partial charge in [-0.25, -0.2) is 0 Å². The number of allylic oxidation sites excluding steroid dienone is 2. The lowest BCUT2D eigenvalue weighted by atomic mass is 9.88. The summed E-state index contributed by atoms with van der Waals surface area (Å²) < 4.78 is 15.2. The van der Waals surface area contributed by atoms with Gasteiger partial charge in [-0.1, -0.05) is 199 Å². The molecule has 0 aliphatic rings. The van der Waals surface area contributed by atoms with Gasteiger partial charge in [0, 0.05) is 108 Å². The summed E-state index contributed by atoms with van der Waals surface area (Å²) in [6.45, 7) is 59.8. The molecule has 1 N–H and O–H groups in total. The van der Waals surface area contributed by atoms with Crippen molar-refractivity contribution in [2.75, 3.05) is 67.3 Å². The molecule has 0 aliphatic carbocycles. The Labute approximate surface area is 575 Å². The van der Waals surface area contributed by atoms with Crippen molar-refractivity contribution < 1.29 is 71.7 Å². The lowest BCUT2D eigenvalue weighted by Crippen LogP contribution is -2.35. The molecule has 0 aromatic heterocycles. The van der Waals surface area contributed by atoms with Crippen molar-refractivity contribution in [3.8, 4) is 0 Å². The maximum atomic E-state index is 11.4. The second kappa shape index (κ2) is 55.4. The standard InChI is InChI=1S/C11H22O4.C10H21NO.C10H18O2.C10H20O.C9H17NO2.C9H16O2.C9H14O2.C9H18O/c1-11(2,3)10(12)9-15-8-7-14-6-5-13-4;1-10(2,3)9(12)7-6-8-11(4)5;1-8(11)6-5-7-9(12)10(2,3)4;1-5-6-7-8-9(11)10(2,3)4;1-7(11)5-6-10-8(12)9(2,3)4;2*1-7(10)5-6-8(11)9(2,3)4;1-5-6-7-8(10)9(2,3)4/h5-9H2,1-4H3;6-8H2,1-5H3;5-7H2,1-4H3;5-8H2,1-4H3;5-6H2,1-4H3,(H,10,12);5-6H2,1-4H3;5-6H,1-4H3;5-7H2,1-4H3/b;;;;;;6-5-;. The molecule has 1 amide bonds. The van der Waals surface area contributed by atoms with Crippen molar-refractivity contribution in [3.63, 3.8) is 0 Å². The van der Waals surface area contributed by atoms with Gasteiger partial charge in [0.25, 0.3) is 0 Å². The first-order valence-electron chi connectivity index (χ1n) is 34.1. The highest BCUT2D eigenvalue weighted by Crippen LogP contribution is 2.22. The van der Waals surface area contributed by atoms with E-state index in [1.807, 2.05) is 180 Å². The fraction of sp³-hybridized carbons (Fsp3) is 0.818. The zero-order chi connectivity index (χ0) is 76.3. The van der Waals surface area contributed by atoms with Gasteiger partial charge >= 0.3 is 0 Å². The number of nitrogens with zero attached hydrogens (tertiary/aromatic N) is 1. The van der Waals surface area contributed by atoms with Gasteiger partial charge < -0.3 is 34.0 Å². The van der Waals surface area contributed by atoms with Crippen LogP contribution in [0.1, 0.15) is 304 Å². The Balaban J connectivity index is -0.000000150. The molecule has 0 aliphatic heterocycles. The molecular weight excluding hydrogens is 1190 g/mol. The van der Waals surface area contributed by atoms with Crippen molar-refractivity contribution in [2.24, 2.45) is 43.3 Å². The molecular formula is C77H146N2O15. The van der Waals surface area contributed by atoms with E-state index in [4.69, 9.17) is 14.2 Å². The van der Waals surface area contributed by atoms with Crippen LogP contribution in [0.15, 0.2) is 12.2 Å². The maximum absolute atomic E-state index is 11.4. The van der Waals surface area contributed by atoms with Gasteiger partial charge in [0.05, 0.1) is 26.4 Å². The highest BCUT2D eigenvalue weighted by molar-refractivity contribution is 6.00. The molecule has 0 heterocycles. The number of hydrogen-bond acceptors (Lipinski definition) is 16. The average molecular weight is 1340 g/mol. The second-order valence-electron chi connectivity index (χ2n) is 32.4. The Bertz CT molecular complexity index is 2140. The van der Waals surface area contributed by atoms with Crippen molar-refractivity contribution in [1.29, 1.82) is 0 Å². The molecule has 0 saturated heterocycles. The van der Waals surface area contributed by atoms with Gasteiger partial charge in [0.2, 0.25) is 5.91 Å². The third kappa shape index (κ3) is 81.7. The van der Waals surface area contributed by atoms with Gasteiger partial charge in [-0.2, -0.15) is 0 Å². The van der Waals surface area contributed by atoms with Gasteiger partial charge in [-0.05, 0) is 86.2 Å². The molecule has 0 aromatic carbocycles. The van der Waals surface area contributed by atoms with E-state index in [9.17, 15) is 57.5 Å². The van der Waals surface area contributed by atoms with Crippen LogP contribution in [0.2, 0.25) is 0 Å².